The Kier molecular flexibility index (Phi) is 3.66. The maximum atomic E-state index is 9.09. The zero-order valence-electron chi connectivity index (χ0n) is 9.06. The minimum Gasteiger partial charge on any atom is -0.396 e. The third kappa shape index (κ3) is 2.30. The van der Waals surface area contributed by atoms with Crippen LogP contribution in [0.3, 0.4) is 0 Å². The first kappa shape index (κ1) is 11.7. The highest BCUT2D eigenvalue weighted by atomic mass is 79.9. The standard InChI is InChI=1S/C11H16BrN3O/c12-9-5-14-6-10(13)11(9)15-3-1-8(7-16)2-4-15/h5-6,8,16H,1-4,7,13H2. The van der Waals surface area contributed by atoms with E-state index in [2.05, 4.69) is 25.8 Å². The SMILES string of the molecule is Nc1cncc(Br)c1N1CCC(CO)CC1. The van der Waals surface area contributed by atoms with Gasteiger partial charge in [-0.3, -0.25) is 4.98 Å². The lowest BCUT2D eigenvalue weighted by atomic mass is 9.97. The van der Waals surface area contributed by atoms with E-state index in [1.54, 1.807) is 12.4 Å². The number of nitrogen functional groups attached to an aromatic ring is 1. The highest BCUT2D eigenvalue weighted by molar-refractivity contribution is 9.10. The van der Waals surface area contributed by atoms with Gasteiger partial charge in [0.15, 0.2) is 0 Å². The molecule has 0 bridgehead atoms. The van der Waals surface area contributed by atoms with Gasteiger partial charge in [0.05, 0.1) is 22.0 Å². The molecule has 1 aliphatic rings. The minimum atomic E-state index is 0.292. The first-order chi connectivity index (χ1) is 7.72. The summed E-state index contributed by atoms with van der Waals surface area (Å²) in [6.07, 6.45) is 5.48. The monoisotopic (exact) mass is 285 g/mol. The number of aromatic nitrogens is 1. The van der Waals surface area contributed by atoms with Crippen molar-refractivity contribution in [3.63, 3.8) is 0 Å². The van der Waals surface area contributed by atoms with E-state index in [-0.39, 0.29) is 0 Å². The van der Waals surface area contributed by atoms with Crippen molar-refractivity contribution in [3.05, 3.63) is 16.9 Å². The second-order valence-corrected chi connectivity index (χ2v) is 5.03. The molecule has 2 heterocycles. The molecule has 5 heteroatoms. The Morgan fingerprint density at radius 2 is 2.12 bits per heavy atom. The van der Waals surface area contributed by atoms with Crippen molar-refractivity contribution >= 4 is 27.3 Å². The first-order valence-corrected chi connectivity index (χ1v) is 6.26. The number of halogens is 1. The molecule has 0 spiro atoms. The van der Waals surface area contributed by atoms with Gasteiger partial charge in [-0.15, -0.1) is 0 Å². The summed E-state index contributed by atoms with van der Waals surface area (Å²) in [4.78, 5) is 6.29. The summed E-state index contributed by atoms with van der Waals surface area (Å²) in [5.74, 6) is 0.443. The smallest absolute Gasteiger partial charge is 0.0776 e. The van der Waals surface area contributed by atoms with Gasteiger partial charge in [-0.2, -0.15) is 0 Å². The van der Waals surface area contributed by atoms with Crippen LogP contribution in [0, 0.1) is 5.92 Å². The Balaban J connectivity index is 2.14. The van der Waals surface area contributed by atoms with Gasteiger partial charge in [0, 0.05) is 25.9 Å². The van der Waals surface area contributed by atoms with Gasteiger partial charge >= 0.3 is 0 Å². The van der Waals surface area contributed by atoms with Crippen LogP contribution in [0.15, 0.2) is 16.9 Å². The van der Waals surface area contributed by atoms with Gasteiger partial charge in [0.25, 0.3) is 0 Å². The molecule has 0 aliphatic carbocycles. The van der Waals surface area contributed by atoms with Gasteiger partial charge in [0.1, 0.15) is 0 Å². The quantitative estimate of drug-likeness (QED) is 0.867. The molecule has 16 heavy (non-hydrogen) atoms. The summed E-state index contributed by atoms with van der Waals surface area (Å²) in [5.41, 5.74) is 7.67. The maximum absolute atomic E-state index is 9.09. The molecule has 0 unspecified atom stereocenters. The van der Waals surface area contributed by atoms with Gasteiger partial charge in [-0.1, -0.05) is 0 Å². The van der Waals surface area contributed by atoms with E-state index in [9.17, 15) is 0 Å². The second kappa shape index (κ2) is 5.01. The fourth-order valence-electron chi connectivity index (χ4n) is 2.12. The number of aliphatic hydroxyl groups excluding tert-OH is 1. The van der Waals surface area contributed by atoms with Crippen LogP contribution < -0.4 is 10.6 Å². The summed E-state index contributed by atoms with van der Waals surface area (Å²) in [7, 11) is 0. The fourth-order valence-corrected chi connectivity index (χ4v) is 2.71. The molecule has 88 valence electrons. The summed E-state index contributed by atoms with van der Waals surface area (Å²) in [5, 5.41) is 9.09. The molecule has 0 saturated carbocycles. The number of rotatable bonds is 2. The number of hydrogen-bond donors (Lipinski definition) is 2. The lowest BCUT2D eigenvalue weighted by Crippen LogP contribution is -2.35. The Morgan fingerprint density at radius 1 is 1.44 bits per heavy atom. The van der Waals surface area contributed by atoms with Crippen molar-refractivity contribution in [1.82, 2.24) is 4.98 Å². The molecule has 1 fully saturated rings. The number of nitrogens with zero attached hydrogens (tertiary/aromatic N) is 2. The van der Waals surface area contributed by atoms with Crippen LogP contribution in [-0.2, 0) is 0 Å². The average Bonchev–Trinajstić information content (AvgIpc) is 2.30. The van der Waals surface area contributed by atoms with Crippen LogP contribution in [0.5, 0.6) is 0 Å². The number of aliphatic hydroxyl groups is 1. The van der Waals surface area contributed by atoms with Gasteiger partial charge in [-0.05, 0) is 34.7 Å². The minimum absolute atomic E-state index is 0.292. The van der Waals surface area contributed by atoms with Crippen molar-refractivity contribution < 1.29 is 5.11 Å². The highest BCUT2D eigenvalue weighted by Crippen LogP contribution is 2.33. The van der Waals surface area contributed by atoms with E-state index in [0.29, 0.717) is 18.2 Å². The van der Waals surface area contributed by atoms with E-state index < -0.39 is 0 Å². The molecular weight excluding hydrogens is 270 g/mol. The van der Waals surface area contributed by atoms with E-state index in [1.165, 1.54) is 0 Å². The van der Waals surface area contributed by atoms with Gasteiger partial charge in [-0.25, -0.2) is 0 Å². The van der Waals surface area contributed by atoms with Crippen molar-refractivity contribution in [3.8, 4) is 0 Å². The van der Waals surface area contributed by atoms with Crippen LogP contribution in [0.2, 0.25) is 0 Å². The molecule has 1 saturated heterocycles. The summed E-state index contributed by atoms with van der Waals surface area (Å²) in [6.45, 7) is 2.18. The summed E-state index contributed by atoms with van der Waals surface area (Å²) < 4.78 is 0.940. The number of anilines is 2. The molecule has 2 rings (SSSR count). The van der Waals surface area contributed by atoms with Crippen molar-refractivity contribution in [2.75, 3.05) is 30.3 Å². The van der Waals surface area contributed by atoms with Crippen molar-refractivity contribution in [2.45, 2.75) is 12.8 Å². The van der Waals surface area contributed by atoms with E-state index in [0.717, 1.165) is 36.1 Å². The molecule has 0 atom stereocenters. The molecule has 1 aromatic rings. The topological polar surface area (TPSA) is 62.4 Å². The van der Waals surface area contributed by atoms with Crippen LogP contribution in [0.1, 0.15) is 12.8 Å². The Morgan fingerprint density at radius 3 is 2.69 bits per heavy atom. The van der Waals surface area contributed by atoms with Crippen LogP contribution >= 0.6 is 15.9 Å². The molecule has 0 radical (unpaired) electrons. The predicted molar refractivity (Wildman–Crippen MR) is 68.4 cm³/mol. The lowest BCUT2D eigenvalue weighted by molar-refractivity contribution is 0.203. The summed E-state index contributed by atoms with van der Waals surface area (Å²) >= 11 is 3.48. The maximum Gasteiger partial charge on any atom is 0.0776 e. The number of piperidine rings is 1. The largest absolute Gasteiger partial charge is 0.396 e. The lowest BCUT2D eigenvalue weighted by Gasteiger charge is -2.34. The number of nitrogens with two attached hydrogens (primary N) is 1. The average molecular weight is 286 g/mol. The Labute approximate surface area is 104 Å². The molecule has 1 aliphatic heterocycles. The normalized spacial score (nSPS) is 17.8. The van der Waals surface area contributed by atoms with E-state index in [4.69, 9.17) is 10.8 Å². The van der Waals surface area contributed by atoms with E-state index >= 15 is 0 Å². The van der Waals surface area contributed by atoms with Crippen molar-refractivity contribution in [2.24, 2.45) is 5.92 Å². The second-order valence-electron chi connectivity index (χ2n) is 4.17. The molecular formula is C11H16BrN3O. The number of pyridine rings is 1. The predicted octanol–water partition coefficient (Wildman–Crippen LogP) is 1.64. The third-order valence-corrected chi connectivity index (χ3v) is 3.67. The zero-order chi connectivity index (χ0) is 11.5. The zero-order valence-corrected chi connectivity index (χ0v) is 10.7. The fraction of sp³-hybridized carbons (Fsp3) is 0.545. The van der Waals surface area contributed by atoms with Crippen LogP contribution in [-0.4, -0.2) is 29.8 Å². The van der Waals surface area contributed by atoms with E-state index in [1.807, 2.05) is 0 Å². The van der Waals surface area contributed by atoms with Crippen LogP contribution in [0.4, 0.5) is 11.4 Å². The molecule has 0 aromatic carbocycles. The molecule has 4 nitrogen and oxygen atoms in total. The van der Waals surface area contributed by atoms with Gasteiger partial charge < -0.3 is 15.7 Å². The van der Waals surface area contributed by atoms with Crippen LogP contribution in [0.25, 0.3) is 0 Å². The molecule has 1 aromatic heterocycles. The number of hydrogen-bond acceptors (Lipinski definition) is 4. The van der Waals surface area contributed by atoms with Gasteiger partial charge in [0.2, 0.25) is 0 Å². The first-order valence-electron chi connectivity index (χ1n) is 5.47. The molecule has 0 amide bonds. The Bertz CT molecular complexity index is 344. The molecule has 3 N–H and O–H groups in total. The summed E-state index contributed by atoms with van der Waals surface area (Å²) in [6, 6.07) is 0. The third-order valence-electron chi connectivity index (χ3n) is 3.09. The highest BCUT2D eigenvalue weighted by Gasteiger charge is 2.21. The Hall–Kier alpha value is -0.810. The van der Waals surface area contributed by atoms with Crippen molar-refractivity contribution in [1.29, 1.82) is 0 Å².